The van der Waals surface area contributed by atoms with Gasteiger partial charge in [0.05, 0.1) is 0 Å². The molecular formula is C9H19N3O2. The number of rotatable bonds is 7. The molecule has 0 saturated heterocycles. The molecule has 0 aromatic rings. The first-order valence-electron chi connectivity index (χ1n) is 4.71. The molecule has 0 aromatic carbocycles. The van der Waals surface area contributed by atoms with Gasteiger partial charge in [0.1, 0.15) is 5.54 Å². The predicted octanol–water partition coefficient (Wildman–Crippen LogP) is -0.0118. The molecule has 0 rings (SSSR count). The van der Waals surface area contributed by atoms with Gasteiger partial charge in [-0.05, 0) is 26.2 Å². The topological polar surface area (TPSA) is 102 Å². The predicted molar refractivity (Wildman–Crippen MR) is 56.5 cm³/mol. The smallest absolute Gasteiger partial charge is 0.323 e. The van der Waals surface area contributed by atoms with E-state index < -0.39 is 11.5 Å². The van der Waals surface area contributed by atoms with Gasteiger partial charge in [0.25, 0.3) is 0 Å². The molecule has 1 atom stereocenters. The minimum atomic E-state index is -1.11. The summed E-state index contributed by atoms with van der Waals surface area (Å²) in [6, 6.07) is 0. The van der Waals surface area contributed by atoms with Crippen molar-refractivity contribution < 1.29 is 9.90 Å². The van der Waals surface area contributed by atoms with Gasteiger partial charge in [0.15, 0.2) is 0 Å². The zero-order chi connectivity index (χ0) is 11.0. The van der Waals surface area contributed by atoms with E-state index in [1.54, 1.807) is 6.21 Å². The third-order valence-electron chi connectivity index (χ3n) is 1.96. The van der Waals surface area contributed by atoms with Crippen LogP contribution in [0.5, 0.6) is 0 Å². The number of nitrogens with zero attached hydrogens (tertiary/aromatic N) is 1. The van der Waals surface area contributed by atoms with Crippen molar-refractivity contribution in [2.24, 2.45) is 16.5 Å². The van der Waals surface area contributed by atoms with Gasteiger partial charge in [-0.15, -0.1) is 0 Å². The molecule has 5 N–H and O–H groups in total. The second-order valence-electron chi connectivity index (χ2n) is 3.50. The summed E-state index contributed by atoms with van der Waals surface area (Å²) in [4.78, 5) is 14.6. The van der Waals surface area contributed by atoms with Crippen LogP contribution < -0.4 is 11.5 Å². The third-order valence-corrected chi connectivity index (χ3v) is 1.96. The molecule has 5 nitrogen and oxygen atoms in total. The maximum absolute atomic E-state index is 10.6. The zero-order valence-corrected chi connectivity index (χ0v) is 8.57. The van der Waals surface area contributed by atoms with Crippen LogP contribution in [0.25, 0.3) is 0 Å². The summed E-state index contributed by atoms with van der Waals surface area (Å²) in [7, 11) is 0. The fraction of sp³-hybridized carbons (Fsp3) is 0.778. The maximum atomic E-state index is 10.6. The fourth-order valence-corrected chi connectivity index (χ4v) is 0.968. The highest BCUT2D eigenvalue weighted by Gasteiger charge is 2.26. The molecule has 14 heavy (non-hydrogen) atoms. The van der Waals surface area contributed by atoms with Crippen LogP contribution in [0.15, 0.2) is 4.99 Å². The molecule has 0 amide bonds. The lowest BCUT2D eigenvalue weighted by molar-refractivity contribution is -0.142. The third kappa shape index (κ3) is 5.66. The van der Waals surface area contributed by atoms with Gasteiger partial charge >= 0.3 is 5.97 Å². The molecule has 0 heterocycles. The van der Waals surface area contributed by atoms with Crippen LogP contribution in [0.1, 0.15) is 26.2 Å². The molecule has 0 unspecified atom stereocenters. The average molecular weight is 201 g/mol. The quantitative estimate of drug-likeness (QED) is 0.398. The molecule has 0 saturated carbocycles. The SMILES string of the molecule is C[C@](N)(CCCCN=CCN)C(=O)O. The molecule has 5 heteroatoms. The van der Waals surface area contributed by atoms with E-state index in [2.05, 4.69) is 4.99 Å². The van der Waals surface area contributed by atoms with Gasteiger partial charge in [0, 0.05) is 19.3 Å². The van der Waals surface area contributed by atoms with Crippen LogP contribution in [0.4, 0.5) is 0 Å². The molecule has 0 bridgehead atoms. The Kier molecular flexibility index (Phi) is 6.07. The minimum Gasteiger partial charge on any atom is -0.480 e. The number of aliphatic imine (C=N–C) groups is 1. The summed E-state index contributed by atoms with van der Waals surface area (Å²) in [5, 5.41) is 8.71. The molecule has 82 valence electrons. The Bertz CT molecular complexity index is 202. The Morgan fingerprint density at radius 1 is 1.57 bits per heavy atom. The van der Waals surface area contributed by atoms with E-state index in [-0.39, 0.29) is 0 Å². The highest BCUT2D eigenvalue weighted by Crippen LogP contribution is 2.10. The lowest BCUT2D eigenvalue weighted by Gasteiger charge is -2.18. The number of aliphatic carboxylic acids is 1. The molecule has 0 aliphatic carbocycles. The summed E-state index contributed by atoms with van der Waals surface area (Å²) >= 11 is 0. The van der Waals surface area contributed by atoms with Crippen molar-refractivity contribution in [3.8, 4) is 0 Å². The first-order chi connectivity index (χ1) is 6.50. The van der Waals surface area contributed by atoms with Crippen molar-refractivity contribution in [1.29, 1.82) is 0 Å². The highest BCUT2D eigenvalue weighted by atomic mass is 16.4. The highest BCUT2D eigenvalue weighted by molar-refractivity contribution is 5.77. The van der Waals surface area contributed by atoms with E-state index >= 15 is 0 Å². The van der Waals surface area contributed by atoms with E-state index in [1.807, 2.05) is 0 Å². The van der Waals surface area contributed by atoms with Gasteiger partial charge in [0.2, 0.25) is 0 Å². The molecular weight excluding hydrogens is 182 g/mol. The first kappa shape index (κ1) is 13.1. The number of carboxylic acids is 1. The molecule has 0 aliphatic rings. The van der Waals surface area contributed by atoms with E-state index in [0.717, 1.165) is 12.8 Å². The normalized spacial score (nSPS) is 15.6. The zero-order valence-electron chi connectivity index (χ0n) is 8.57. The van der Waals surface area contributed by atoms with Crippen LogP contribution in [-0.4, -0.2) is 35.9 Å². The second kappa shape index (κ2) is 6.50. The van der Waals surface area contributed by atoms with Gasteiger partial charge in [-0.2, -0.15) is 0 Å². The Morgan fingerprint density at radius 3 is 2.71 bits per heavy atom. The summed E-state index contributed by atoms with van der Waals surface area (Å²) in [6.45, 7) is 2.66. The van der Waals surface area contributed by atoms with Crippen LogP contribution in [0.2, 0.25) is 0 Å². The summed E-state index contributed by atoms with van der Waals surface area (Å²) < 4.78 is 0. The van der Waals surface area contributed by atoms with E-state index in [1.165, 1.54) is 6.92 Å². The standard InChI is InChI=1S/C9H19N3O2/c1-9(11,8(13)14)4-2-3-6-12-7-5-10/h7H,2-6,10-11H2,1H3,(H,13,14)/t9-/m0/s1. The van der Waals surface area contributed by atoms with E-state index in [9.17, 15) is 4.79 Å². The van der Waals surface area contributed by atoms with Gasteiger partial charge in [-0.1, -0.05) is 0 Å². The number of carboxylic acid groups (broad SMARTS) is 1. The monoisotopic (exact) mass is 201 g/mol. The Hall–Kier alpha value is -0.940. The average Bonchev–Trinajstić information content (AvgIpc) is 2.10. The maximum Gasteiger partial charge on any atom is 0.323 e. The number of carbonyl (C=O) groups is 1. The molecule has 0 fully saturated rings. The summed E-state index contributed by atoms with van der Waals surface area (Å²) in [5.41, 5.74) is 9.63. The van der Waals surface area contributed by atoms with E-state index in [4.69, 9.17) is 16.6 Å². The fourth-order valence-electron chi connectivity index (χ4n) is 0.968. The lowest BCUT2D eigenvalue weighted by atomic mass is 9.96. The molecule has 0 aliphatic heterocycles. The van der Waals surface area contributed by atoms with Crippen molar-refractivity contribution in [3.05, 3.63) is 0 Å². The Balaban J connectivity index is 3.54. The van der Waals surface area contributed by atoms with Crippen molar-refractivity contribution in [2.45, 2.75) is 31.7 Å². The number of hydrogen-bond acceptors (Lipinski definition) is 4. The largest absolute Gasteiger partial charge is 0.480 e. The lowest BCUT2D eigenvalue weighted by Crippen LogP contribution is -2.44. The van der Waals surface area contributed by atoms with Crippen molar-refractivity contribution in [3.63, 3.8) is 0 Å². The van der Waals surface area contributed by atoms with Gasteiger partial charge in [-0.3, -0.25) is 9.79 Å². The molecule has 0 radical (unpaired) electrons. The molecule has 0 aromatic heterocycles. The second-order valence-corrected chi connectivity index (χ2v) is 3.50. The number of hydrogen-bond donors (Lipinski definition) is 3. The van der Waals surface area contributed by atoms with Crippen LogP contribution in [-0.2, 0) is 4.79 Å². The summed E-state index contributed by atoms with van der Waals surface area (Å²) in [6.07, 6.45) is 3.73. The number of unbranched alkanes of at least 4 members (excludes halogenated alkanes) is 1. The Labute approximate surface area is 84.2 Å². The van der Waals surface area contributed by atoms with Crippen LogP contribution in [0.3, 0.4) is 0 Å². The van der Waals surface area contributed by atoms with Gasteiger partial charge in [-0.25, -0.2) is 0 Å². The van der Waals surface area contributed by atoms with E-state index in [0.29, 0.717) is 19.5 Å². The summed E-state index contributed by atoms with van der Waals surface area (Å²) in [5.74, 6) is -0.956. The van der Waals surface area contributed by atoms with Gasteiger partial charge < -0.3 is 16.6 Å². The number of nitrogens with two attached hydrogens (primary N) is 2. The van der Waals surface area contributed by atoms with Crippen LogP contribution >= 0.6 is 0 Å². The van der Waals surface area contributed by atoms with Crippen molar-refractivity contribution >= 4 is 12.2 Å². The van der Waals surface area contributed by atoms with Crippen molar-refractivity contribution in [2.75, 3.05) is 13.1 Å². The minimum absolute atomic E-state index is 0.448. The first-order valence-corrected chi connectivity index (χ1v) is 4.71. The van der Waals surface area contributed by atoms with Crippen molar-refractivity contribution in [1.82, 2.24) is 0 Å². The molecule has 0 spiro atoms. The van der Waals surface area contributed by atoms with Crippen LogP contribution in [0, 0.1) is 0 Å². The Morgan fingerprint density at radius 2 is 2.21 bits per heavy atom.